The number of aliphatic carboxylic acids is 1. The molecule has 1 fully saturated rings. The average Bonchev–Trinajstić information content (AvgIpc) is 3.09. The van der Waals surface area contributed by atoms with Gasteiger partial charge >= 0.3 is 5.97 Å². The van der Waals surface area contributed by atoms with E-state index in [9.17, 15) is 14.3 Å². The highest BCUT2D eigenvalue weighted by Crippen LogP contribution is 2.41. The fraction of sp³-hybridized carbons (Fsp3) is 0.407. The van der Waals surface area contributed by atoms with E-state index in [0.717, 1.165) is 74.1 Å². The normalized spacial score (nSPS) is 26.5. The summed E-state index contributed by atoms with van der Waals surface area (Å²) >= 11 is 0. The average molecular weight is 461 g/mol. The Bertz CT molecular complexity index is 1220. The van der Waals surface area contributed by atoms with Crippen LogP contribution in [-0.2, 0) is 4.79 Å². The maximum absolute atomic E-state index is 14.5. The number of benzene rings is 1. The van der Waals surface area contributed by atoms with Gasteiger partial charge in [0.25, 0.3) is 0 Å². The van der Waals surface area contributed by atoms with Crippen molar-refractivity contribution < 1.29 is 14.3 Å². The van der Waals surface area contributed by atoms with Gasteiger partial charge in [-0.2, -0.15) is 5.10 Å². The molecule has 2 aliphatic carbocycles. The van der Waals surface area contributed by atoms with Crippen LogP contribution in [0.4, 0.5) is 4.39 Å². The molecule has 0 saturated heterocycles. The number of nitrogens with one attached hydrogen (secondary N) is 1. The van der Waals surface area contributed by atoms with E-state index in [1.54, 1.807) is 0 Å². The standard InChI is InChI=1S/C27H29FN4O2/c1-31-14-21(16-9-11-32(12-10-16)18-7-5-17(6-8-18)27(33)34)26-22(15-31)19-3-2-4-20-23(28)13-24(25(19)20)29-30-26/h2-4,9,13,15,17-18,30H,5-8,10-12,14H2,1H3,(H,33,34). The minimum atomic E-state index is -0.647. The highest BCUT2D eigenvalue weighted by atomic mass is 19.1. The van der Waals surface area contributed by atoms with Gasteiger partial charge in [0.05, 0.1) is 17.3 Å². The summed E-state index contributed by atoms with van der Waals surface area (Å²) in [6.45, 7) is 2.67. The summed E-state index contributed by atoms with van der Waals surface area (Å²) in [5.41, 5.74) is 11.1. The summed E-state index contributed by atoms with van der Waals surface area (Å²) in [6, 6.07) is 6.27. The lowest BCUT2D eigenvalue weighted by Gasteiger charge is -2.38. The number of rotatable bonds is 3. The van der Waals surface area contributed by atoms with E-state index in [4.69, 9.17) is 0 Å². The number of fused-ring (bicyclic) bond motifs is 2. The Hall–Kier alpha value is -3.19. The third-order valence-electron chi connectivity index (χ3n) is 7.94. The Kier molecular flexibility index (Phi) is 5.17. The number of allylic oxidation sites excluding steroid dienone is 2. The molecular formula is C27H29FN4O2. The molecule has 0 radical (unpaired) electrons. The predicted octanol–water partition coefficient (Wildman–Crippen LogP) is 4.13. The molecule has 0 atom stereocenters. The van der Waals surface area contributed by atoms with Gasteiger partial charge < -0.3 is 10.0 Å². The van der Waals surface area contributed by atoms with Crippen LogP contribution in [0, 0.1) is 5.92 Å². The minimum absolute atomic E-state index is 0.174. The van der Waals surface area contributed by atoms with Crippen LogP contribution in [0.1, 0.15) is 48.8 Å². The molecule has 0 aromatic heterocycles. The number of halogens is 1. The number of hydrogen-bond donors (Lipinski definition) is 2. The molecular weight excluding hydrogens is 431 g/mol. The number of likely N-dealkylation sites (N-methyl/N-ethyl adjacent to an activating group) is 1. The number of hydrogen-bond acceptors (Lipinski definition) is 5. The van der Waals surface area contributed by atoms with Crippen LogP contribution in [0.15, 0.2) is 58.5 Å². The largest absolute Gasteiger partial charge is 0.481 e. The molecule has 3 heterocycles. The number of carboxylic acid groups (broad SMARTS) is 1. The molecule has 2 N–H and O–H groups in total. The quantitative estimate of drug-likeness (QED) is 0.710. The van der Waals surface area contributed by atoms with Gasteiger partial charge in [-0.25, -0.2) is 4.39 Å². The topological polar surface area (TPSA) is 68.2 Å². The van der Waals surface area contributed by atoms with Crippen molar-refractivity contribution in [1.29, 1.82) is 0 Å². The van der Waals surface area contributed by atoms with E-state index in [1.807, 2.05) is 12.1 Å². The third-order valence-corrected chi connectivity index (χ3v) is 7.94. The van der Waals surface area contributed by atoms with Crippen LogP contribution < -0.4 is 5.43 Å². The number of hydrazone groups is 1. The van der Waals surface area contributed by atoms with Crippen LogP contribution in [-0.4, -0.2) is 59.3 Å². The Morgan fingerprint density at radius 1 is 1.21 bits per heavy atom. The summed E-state index contributed by atoms with van der Waals surface area (Å²) in [5.74, 6) is -1.05. The van der Waals surface area contributed by atoms with Crippen LogP contribution in [0.5, 0.6) is 0 Å². The number of carboxylic acids is 1. The zero-order valence-electron chi connectivity index (χ0n) is 19.4. The molecule has 6 rings (SSSR count). The number of carbonyl (C=O) groups is 1. The molecule has 3 aliphatic heterocycles. The Morgan fingerprint density at radius 3 is 2.74 bits per heavy atom. The maximum atomic E-state index is 14.5. The van der Waals surface area contributed by atoms with Crippen molar-refractivity contribution in [3.63, 3.8) is 0 Å². The molecule has 0 bridgehead atoms. The zero-order valence-corrected chi connectivity index (χ0v) is 19.4. The molecule has 0 spiro atoms. The third kappa shape index (κ3) is 3.50. The van der Waals surface area contributed by atoms with Gasteiger partial charge in [-0.3, -0.25) is 15.1 Å². The minimum Gasteiger partial charge on any atom is -0.481 e. The lowest BCUT2D eigenvalue weighted by atomic mass is 9.84. The highest BCUT2D eigenvalue weighted by molar-refractivity contribution is 6.21. The van der Waals surface area contributed by atoms with Crippen LogP contribution >= 0.6 is 0 Å². The van der Waals surface area contributed by atoms with Crippen LogP contribution in [0.2, 0.25) is 0 Å². The first-order valence-electron chi connectivity index (χ1n) is 12.2. The second-order valence-corrected chi connectivity index (χ2v) is 9.96. The van der Waals surface area contributed by atoms with Gasteiger partial charge in [-0.05, 0) is 43.2 Å². The Balaban J connectivity index is 1.28. The summed E-state index contributed by atoms with van der Waals surface area (Å²) in [5, 5.41) is 13.9. The highest BCUT2D eigenvalue weighted by Gasteiger charge is 2.33. The van der Waals surface area contributed by atoms with Gasteiger partial charge in [0.2, 0.25) is 0 Å². The van der Waals surface area contributed by atoms with Crippen molar-refractivity contribution >= 4 is 23.1 Å². The van der Waals surface area contributed by atoms with Gasteiger partial charge in [0.1, 0.15) is 5.83 Å². The summed E-state index contributed by atoms with van der Waals surface area (Å²) in [7, 11) is 2.08. The summed E-state index contributed by atoms with van der Waals surface area (Å²) < 4.78 is 14.5. The number of nitrogens with zero attached hydrogens (tertiary/aromatic N) is 3. The van der Waals surface area contributed by atoms with Gasteiger partial charge in [-0.15, -0.1) is 0 Å². The van der Waals surface area contributed by atoms with Crippen molar-refractivity contribution in [2.24, 2.45) is 11.0 Å². The second-order valence-electron chi connectivity index (χ2n) is 9.96. The lowest BCUT2D eigenvalue weighted by Crippen LogP contribution is -2.42. The van der Waals surface area contributed by atoms with E-state index in [2.05, 4.69) is 45.7 Å². The van der Waals surface area contributed by atoms with Crippen molar-refractivity contribution in [2.45, 2.75) is 38.1 Å². The van der Waals surface area contributed by atoms with Crippen molar-refractivity contribution in [3.05, 3.63) is 70.1 Å². The predicted molar refractivity (Wildman–Crippen MR) is 130 cm³/mol. The van der Waals surface area contributed by atoms with E-state index >= 15 is 0 Å². The first-order chi connectivity index (χ1) is 16.5. The summed E-state index contributed by atoms with van der Waals surface area (Å²) in [4.78, 5) is 16.0. The van der Waals surface area contributed by atoms with E-state index < -0.39 is 5.97 Å². The van der Waals surface area contributed by atoms with Crippen molar-refractivity contribution in [3.8, 4) is 0 Å². The zero-order chi connectivity index (χ0) is 23.4. The summed E-state index contributed by atoms with van der Waals surface area (Å²) in [6.07, 6.45) is 10.4. The Labute approximate surface area is 198 Å². The van der Waals surface area contributed by atoms with E-state index in [0.29, 0.717) is 17.3 Å². The van der Waals surface area contributed by atoms with Crippen molar-refractivity contribution in [2.75, 3.05) is 26.7 Å². The molecule has 34 heavy (non-hydrogen) atoms. The molecule has 1 aromatic carbocycles. The fourth-order valence-corrected chi connectivity index (χ4v) is 6.12. The molecule has 176 valence electrons. The van der Waals surface area contributed by atoms with Gasteiger partial charge in [0, 0.05) is 67.3 Å². The maximum Gasteiger partial charge on any atom is 0.306 e. The lowest BCUT2D eigenvalue weighted by molar-refractivity contribution is -0.143. The molecule has 0 amide bonds. The molecule has 7 heteroatoms. The first-order valence-corrected chi connectivity index (χ1v) is 12.2. The van der Waals surface area contributed by atoms with Gasteiger partial charge in [0.15, 0.2) is 0 Å². The van der Waals surface area contributed by atoms with E-state index in [-0.39, 0.29) is 11.7 Å². The van der Waals surface area contributed by atoms with E-state index in [1.165, 1.54) is 17.2 Å². The van der Waals surface area contributed by atoms with Crippen LogP contribution in [0.25, 0.3) is 11.4 Å². The smallest absolute Gasteiger partial charge is 0.306 e. The molecule has 5 aliphatic rings. The SMILES string of the molecule is CN1C=C2C(=C(C3=CCN(C4CCC(C(=O)O)CC4)CC3)C1)NN=C1C=C(F)c3cccc2c31. The molecule has 1 saturated carbocycles. The fourth-order valence-electron chi connectivity index (χ4n) is 6.12. The monoisotopic (exact) mass is 460 g/mol. The van der Waals surface area contributed by atoms with Crippen molar-refractivity contribution in [1.82, 2.24) is 15.2 Å². The second kappa shape index (κ2) is 8.24. The first kappa shape index (κ1) is 21.4. The molecule has 1 aromatic rings. The van der Waals surface area contributed by atoms with Gasteiger partial charge in [-0.1, -0.05) is 24.3 Å². The van der Waals surface area contributed by atoms with Crippen LogP contribution in [0.3, 0.4) is 0 Å². The molecule has 6 nitrogen and oxygen atoms in total. The Morgan fingerprint density at radius 2 is 2.00 bits per heavy atom. The molecule has 0 unspecified atom stereocenters.